The van der Waals surface area contributed by atoms with Crippen molar-refractivity contribution < 1.29 is 14.7 Å². The average molecular weight is 256 g/mol. The molecule has 0 saturated carbocycles. The molecule has 0 radical (unpaired) electrons. The van der Waals surface area contributed by atoms with E-state index < -0.39 is 17.9 Å². The minimum atomic E-state index is -1.01. The molecule has 1 aromatic heterocycles. The number of aromatic nitrogens is 1. The zero-order chi connectivity index (χ0) is 13.0. The van der Waals surface area contributed by atoms with Gasteiger partial charge in [-0.05, 0) is 12.8 Å². The van der Waals surface area contributed by atoms with Crippen molar-refractivity contribution in [3.05, 3.63) is 16.1 Å². The van der Waals surface area contributed by atoms with Gasteiger partial charge in [-0.1, -0.05) is 20.3 Å². The van der Waals surface area contributed by atoms with Crippen LogP contribution in [0.1, 0.15) is 35.8 Å². The molecule has 94 valence electrons. The fraction of sp³-hybridized carbons (Fsp3) is 0.545. The number of carbonyl (C=O) groups excluding carboxylic acids is 1. The SMILES string of the molecule is CC[C@H](C)[C@H](NC(=O)c1csc(C)n1)C(=O)O. The van der Waals surface area contributed by atoms with Crippen molar-refractivity contribution in [2.24, 2.45) is 5.92 Å². The monoisotopic (exact) mass is 256 g/mol. The molecule has 1 heterocycles. The number of amides is 1. The van der Waals surface area contributed by atoms with E-state index in [0.29, 0.717) is 6.42 Å². The molecule has 1 amide bonds. The van der Waals surface area contributed by atoms with Gasteiger partial charge in [-0.25, -0.2) is 9.78 Å². The second-order valence-electron chi connectivity index (χ2n) is 3.93. The first-order valence-electron chi connectivity index (χ1n) is 5.41. The van der Waals surface area contributed by atoms with Crippen LogP contribution >= 0.6 is 11.3 Å². The van der Waals surface area contributed by atoms with Crippen molar-refractivity contribution >= 4 is 23.2 Å². The number of carboxylic acid groups (broad SMARTS) is 1. The molecule has 17 heavy (non-hydrogen) atoms. The van der Waals surface area contributed by atoms with Crippen LogP contribution in [0.4, 0.5) is 0 Å². The largest absolute Gasteiger partial charge is 0.480 e. The Morgan fingerprint density at radius 1 is 1.59 bits per heavy atom. The number of hydrogen-bond donors (Lipinski definition) is 2. The first kappa shape index (κ1) is 13.6. The summed E-state index contributed by atoms with van der Waals surface area (Å²) in [5, 5.41) is 14.0. The van der Waals surface area contributed by atoms with Gasteiger partial charge in [-0.3, -0.25) is 4.79 Å². The molecule has 0 saturated heterocycles. The summed E-state index contributed by atoms with van der Waals surface area (Å²) >= 11 is 1.36. The molecule has 2 atom stereocenters. The molecule has 0 unspecified atom stereocenters. The number of rotatable bonds is 5. The molecule has 1 rings (SSSR count). The fourth-order valence-electron chi connectivity index (χ4n) is 1.37. The van der Waals surface area contributed by atoms with Crippen molar-refractivity contribution in [3.63, 3.8) is 0 Å². The van der Waals surface area contributed by atoms with E-state index in [9.17, 15) is 9.59 Å². The summed E-state index contributed by atoms with van der Waals surface area (Å²) in [5.74, 6) is -1.56. The maximum Gasteiger partial charge on any atom is 0.326 e. The van der Waals surface area contributed by atoms with Gasteiger partial charge < -0.3 is 10.4 Å². The Hall–Kier alpha value is -1.43. The molecule has 2 N–H and O–H groups in total. The van der Waals surface area contributed by atoms with Crippen LogP contribution < -0.4 is 5.32 Å². The summed E-state index contributed by atoms with van der Waals surface area (Å²) in [6, 6.07) is -0.866. The summed E-state index contributed by atoms with van der Waals surface area (Å²) in [6.45, 7) is 5.48. The van der Waals surface area contributed by atoms with Gasteiger partial charge in [-0.15, -0.1) is 11.3 Å². The lowest BCUT2D eigenvalue weighted by molar-refractivity contribution is -0.140. The lowest BCUT2D eigenvalue weighted by Gasteiger charge is -2.19. The number of hydrogen-bond acceptors (Lipinski definition) is 4. The summed E-state index contributed by atoms with van der Waals surface area (Å²) in [7, 11) is 0. The van der Waals surface area contributed by atoms with E-state index in [2.05, 4.69) is 10.3 Å². The molecule has 0 fully saturated rings. The van der Waals surface area contributed by atoms with Crippen molar-refractivity contribution in [1.29, 1.82) is 0 Å². The van der Waals surface area contributed by atoms with E-state index in [1.165, 1.54) is 11.3 Å². The minimum absolute atomic E-state index is 0.115. The Balaban J connectivity index is 2.74. The first-order valence-corrected chi connectivity index (χ1v) is 6.29. The summed E-state index contributed by atoms with van der Waals surface area (Å²) < 4.78 is 0. The van der Waals surface area contributed by atoms with Crippen LogP contribution in [0.25, 0.3) is 0 Å². The molecular formula is C11H16N2O3S. The van der Waals surface area contributed by atoms with Gasteiger partial charge >= 0.3 is 5.97 Å². The molecule has 0 spiro atoms. The van der Waals surface area contributed by atoms with E-state index in [1.54, 1.807) is 19.2 Å². The minimum Gasteiger partial charge on any atom is -0.480 e. The van der Waals surface area contributed by atoms with Gasteiger partial charge in [0.2, 0.25) is 0 Å². The number of nitrogens with zero attached hydrogens (tertiary/aromatic N) is 1. The van der Waals surface area contributed by atoms with Gasteiger partial charge in [0.05, 0.1) is 5.01 Å². The number of thiazole rings is 1. The van der Waals surface area contributed by atoms with E-state index in [-0.39, 0.29) is 11.6 Å². The third-order valence-electron chi connectivity index (χ3n) is 2.62. The Labute approximate surface area is 104 Å². The van der Waals surface area contributed by atoms with Gasteiger partial charge in [-0.2, -0.15) is 0 Å². The van der Waals surface area contributed by atoms with Gasteiger partial charge in [0.15, 0.2) is 0 Å². The number of carboxylic acids is 1. The third kappa shape index (κ3) is 3.52. The highest BCUT2D eigenvalue weighted by molar-refractivity contribution is 7.09. The summed E-state index contributed by atoms with van der Waals surface area (Å²) in [5.41, 5.74) is 0.280. The van der Waals surface area contributed by atoms with Crippen LogP contribution in [-0.4, -0.2) is 28.0 Å². The number of nitrogens with one attached hydrogen (secondary N) is 1. The predicted octanol–water partition coefficient (Wildman–Crippen LogP) is 1.68. The van der Waals surface area contributed by atoms with Crippen LogP contribution in [0.5, 0.6) is 0 Å². The van der Waals surface area contributed by atoms with Crippen molar-refractivity contribution in [3.8, 4) is 0 Å². The van der Waals surface area contributed by atoms with Crippen molar-refractivity contribution in [2.45, 2.75) is 33.2 Å². The zero-order valence-electron chi connectivity index (χ0n) is 10.1. The Morgan fingerprint density at radius 3 is 2.65 bits per heavy atom. The van der Waals surface area contributed by atoms with Gasteiger partial charge in [0, 0.05) is 5.38 Å². The van der Waals surface area contributed by atoms with Crippen LogP contribution in [0, 0.1) is 12.8 Å². The standard InChI is InChI=1S/C11H16N2O3S/c1-4-6(2)9(11(15)16)13-10(14)8-5-17-7(3)12-8/h5-6,9H,4H2,1-3H3,(H,13,14)(H,15,16)/t6-,9-/m0/s1. The first-order chi connectivity index (χ1) is 7.95. The number of carbonyl (C=O) groups is 2. The molecule has 6 heteroatoms. The molecule has 0 aromatic carbocycles. The quantitative estimate of drug-likeness (QED) is 0.840. The third-order valence-corrected chi connectivity index (χ3v) is 3.39. The summed E-state index contributed by atoms with van der Waals surface area (Å²) in [4.78, 5) is 26.8. The second-order valence-corrected chi connectivity index (χ2v) is 4.99. The predicted molar refractivity (Wildman–Crippen MR) is 65.2 cm³/mol. The highest BCUT2D eigenvalue weighted by Gasteiger charge is 2.26. The summed E-state index contributed by atoms with van der Waals surface area (Å²) in [6.07, 6.45) is 0.688. The van der Waals surface area contributed by atoms with E-state index in [0.717, 1.165) is 5.01 Å². The molecular weight excluding hydrogens is 240 g/mol. The normalized spacial score (nSPS) is 14.1. The highest BCUT2D eigenvalue weighted by atomic mass is 32.1. The Bertz CT molecular complexity index is 417. The molecule has 1 aromatic rings. The Morgan fingerprint density at radius 2 is 2.24 bits per heavy atom. The molecule has 0 aliphatic rings. The van der Waals surface area contributed by atoms with E-state index in [1.807, 2.05) is 6.92 Å². The smallest absolute Gasteiger partial charge is 0.326 e. The Kier molecular flexibility index (Phi) is 4.62. The maximum absolute atomic E-state index is 11.8. The van der Waals surface area contributed by atoms with Crippen LogP contribution in [0.3, 0.4) is 0 Å². The molecule has 5 nitrogen and oxygen atoms in total. The van der Waals surface area contributed by atoms with E-state index >= 15 is 0 Å². The van der Waals surface area contributed by atoms with E-state index in [4.69, 9.17) is 5.11 Å². The average Bonchev–Trinajstić information content (AvgIpc) is 2.71. The van der Waals surface area contributed by atoms with Gasteiger partial charge in [0.25, 0.3) is 5.91 Å². The topological polar surface area (TPSA) is 79.3 Å². The van der Waals surface area contributed by atoms with Gasteiger partial charge in [0.1, 0.15) is 11.7 Å². The van der Waals surface area contributed by atoms with Crippen LogP contribution in [0.15, 0.2) is 5.38 Å². The highest BCUT2D eigenvalue weighted by Crippen LogP contribution is 2.11. The lowest BCUT2D eigenvalue weighted by Crippen LogP contribution is -2.45. The number of aryl methyl sites for hydroxylation is 1. The van der Waals surface area contributed by atoms with Crippen molar-refractivity contribution in [2.75, 3.05) is 0 Å². The molecule has 0 aliphatic heterocycles. The molecule has 0 aliphatic carbocycles. The van der Waals surface area contributed by atoms with Crippen molar-refractivity contribution in [1.82, 2.24) is 10.3 Å². The fourth-order valence-corrected chi connectivity index (χ4v) is 1.96. The van der Waals surface area contributed by atoms with Crippen LogP contribution in [0.2, 0.25) is 0 Å². The van der Waals surface area contributed by atoms with Crippen LogP contribution in [-0.2, 0) is 4.79 Å². The molecule has 0 bridgehead atoms. The number of aliphatic carboxylic acids is 1. The second kappa shape index (κ2) is 5.77. The lowest BCUT2D eigenvalue weighted by atomic mass is 9.99. The maximum atomic E-state index is 11.8. The zero-order valence-corrected chi connectivity index (χ0v) is 10.9.